The van der Waals surface area contributed by atoms with Crippen molar-refractivity contribution < 1.29 is 22.7 Å². The Balaban J connectivity index is 2.07. The normalized spacial score (nSPS) is 12.1. The fourth-order valence-electron chi connectivity index (χ4n) is 4.31. The SMILES string of the molecule is CCOc1ccc(N(CC(=O)N(Cc2ccc(Cl)cc2Cl)[C@H](CC)C(=O)NCC(C)C)S(=O)(=O)c2ccc(Br)cc2)cc1. The molecule has 8 nitrogen and oxygen atoms in total. The second-order valence-corrected chi connectivity index (χ2v) is 13.8. The Bertz CT molecular complexity index is 1500. The minimum absolute atomic E-state index is 0.00592. The lowest BCUT2D eigenvalue weighted by Gasteiger charge is -2.33. The number of carbonyl (C=O) groups is 2. The first kappa shape index (κ1) is 34.7. The van der Waals surface area contributed by atoms with Crippen LogP contribution in [0.2, 0.25) is 10.0 Å². The second kappa shape index (κ2) is 15.8. The third-order valence-electron chi connectivity index (χ3n) is 6.54. The lowest BCUT2D eigenvalue weighted by Crippen LogP contribution is -2.52. The summed E-state index contributed by atoms with van der Waals surface area (Å²) in [5, 5.41) is 3.66. The molecular formula is C31H36BrCl2N3O5S. The van der Waals surface area contributed by atoms with Gasteiger partial charge in [0.25, 0.3) is 10.0 Å². The zero-order valence-corrected chi connectivity index (χ0v) is 28.4. The number of amides is 2. The van der Waals surface area contributed by atoms with Crippen LogP contribution in [0, 0.1) is 5.92 Å². The first-order valence-electron chi connectivity index (χ1n) is 13.9. The van der Waals surface area contributed by atoms with Crippen molar-refractivity contribution >= 4 is 66.7 Å². The van der Waals surface area contributed by atoms with Gasteiger partial charge in [-0.25, -0.2) is 8.42 Å². The molecule has 12 heteroatoms. The minimum atomic E-state index is -4.21. The van der Waals surface area contributed by atoms with Crippen LogP contribution in [0.5, 0.6) is 5.75 Å². The fourth-order valence-corrected chi connectivity index (χ4v) is 6.46. The maximum Gasteiger partial charge on any atom is 0.264 e. The highest BCUT2D eigenvalue weighted by molar-refractivity contribution is 9.10. The van der Waals surface area contributed by atoms with E-state index in [4.69, 9.17) is 27.9 Å². The summed E-state index contributed by atoms with van der Waals surface area (Å²) in [5.74, 6) is -0.155. The van der Waals surface area contributed by atoms with Gasteiger partial charge in [0, 0.05) is 27.6 Å². The molecule has 0 saturated heterocycles. The van der Waals surface area contributed by atoms with Gasteiger partial charge in [-0.15, -0.1) is 0 Å². The first-order valence-corrected chi connectivity index (χ1v) is 16.9. The van der Waals surface area contributed by atoms with Gasteiger partial charge in [0.2, 0.25) is 11.8 Å². The predicted molar refractivity (Wildman–Crippen MR) is 175 cm³/mol. The summed E-state index contributed by atoms with van der Waals surface area (Å²) in [6.07, 6.45) is 0.295. The van der Waals surface area contributed by atoms with Gasteiger partial charge in [0.1, 0.15) is 18.3 Å². The van der Waals surface area contributed by atoms with Crippen molar-refractivity contribution in [2.75, 3.05) is 24.0 Å². The molecule has 1 atom stereocenters. The summed E-state index contributed by atoms with van der Waals surface area (Å²) in [4.78, 5) is 28.9. The molecule has 0 aromatic heterocycles. The average molecular weight is 714 g/mol. The topological polar surface area (TPSA) is 96.0 Å². The van der Waals surface area contributed by atoms with Gasteiger partial charge in [-0.3, -0.25) is 13.9 Å². The van der Waals surface area contributed by atoms with E-state index in [1.165, 1.54) is 17.0 Å². The van der Waals surface area contributed by atoms with E-state index in [1.54, 1.807) is 61.5 Å². The minimum Gasteiger partial charge on any atom is -0.494 e. The van der Waals surface area contributed by atoms with Crippen LogP contribution in [0.25, 0.3) is 0 Å². The van der Waals surface area contributed by atoms with Crippen molar-refractivity contribution in [2.24, 2.45) is 5.92 Å². The van der Waals surface area contributed by atoms with Crippen LogP contribution in [-0.2, 0) is 26.2 Å². The molecule has 3 rings (SSSR count). The summed E-state index contributed by atoms with van der Waals surface area (Å²) in [6, 6.07) is 16.6. The summed E-state index contributed by atoms with van der Waals surface area (Å²) in [5.41, 5.74) is 0.833. The second-order valence-electron chi connectivity index (χ2n) is 10.2. The number of rotatable bonds is 14. The van der Waals surface area contributed by atoms with Crippen molar-refractivity contribution in [1.82, 2.24) is 10.2 Å². The van der Waals surface area contributed by atoms with E-state index in [2.05, 4.69) is 21.2 Å². The highest BCUT2D eigenvalue weighted by Crippen LogP contribution is 2.28. The Morgan fingerprint density at radius 3 is 2.19 bits per heavy atom. The lowest BCUT2D eigenvalue weighted by molar-refractivity contribution is -0.140. The fraction of sp³-hybridized carbons (Fsp3) is 0.355. The van der Waals surface area contributed by atoms with E-state index in [1.807, 2.05) is 20.8 Å². The van der Waals surface area contributed by atoms with Gasteiger partial charge in [-0.1, -0.05) is 66.0 Å². The van der Waals surface area contributed by atoms with E-state index in [-0.39, 0.29) is 29.0 Å². The molecule has 0 radical (unpaired) electrons. The molecule has 0 unspecified atom stereocenters. The Morgan fingerprint density at radius 2 is 1.63 bits per heavy atom. The molecule has 0 aliphatic rings. The molecular weight excluding hydrogens is 677 g/mol. The highest BCUT2D eigenvalue weighted by atomic mass is 79.9. The smallest absolute Gasteiger partial charge is 0.264 e. The van der Waals surface area contributed by atoms with Gasteiger partial charge < -0.3 is 15.0 Å². The summed E-state index contributed by atoms with van der Waals surface area (Å²) < 4.78 is 35.3. The zero-order valence-electron chi connectivity index (χ0n) is 24.5. The molecule has 0 saturated carbocycles. The van der Waals surface area contributed by atoms with Gasteiger partial charge in [0.05, 0.1) is 17.2 Å². The highest BCUT2D eigenvalue weighted by Gasteiger charge is 2.34. The summed E-state index contributed by atoms with van der Waals surface area (Å²) in [7, 11) is -4.21. The van der Waals surface area contributed by atoms with Crippen LogP contribution in [0.4, 0.5) is 5.69 Å². The Labute approximate surface area is 272 Å². The largest absolute Gasteiger partial charge is 0.494 e. The third kappa shape index (κ3) is 9.35. The number of halogens is 3. The Morgan fingerprint density at radius 1 is 0.977 bits per heavy atom. The van der Waals surface area contributed by atoms with E-state index >= 15 is 0 Å². The molecule has 0 fully saturated rings. The standard InChI is InChI=1S/C31H36BrCl2N3O5S/c1-5-29(31(39)35-18-21(3)4)36(19-22-7-10-24(33)17-28(22)34)30(38)20-37(25-11-13-26(14-12-25)42-6-2)43(40,41)27-15-8-23(32)9-16-27/h7-17,21,29H,5-6,18-20H2,1-4H3,(H,35,39)/t29-/m1/s1. The third-order valence-corrected chi connectivity index (χ3v) is 9.45. The molecule has 0 aliphatic heterocycles. The van der Waals surface area contributed by atoms with Gasteiger partial charge in [-0.05, 0) is 85.5 Å². The van der Waals surface area contributed by atoms with Crippen molar-refractivity contribution in [3.63, 3.8) is 0 Å². The van der Waals surface area contributed by atoms with Crippen LogP contribution in [-0.4, -0.2) is 50.9 Å². The molecule has 43 heavy (non-hydrogen) atoms. The van der Waals surface area contributed by atoms with Gasteiger partial charge in [-0.2, -0.15) is 0 Å². The number of hydrogen-bond donors (Lipinski definition) is 1. The Kier molecular flexibility index (Phi) is 12.7. The first-order chi connectivity index (χ1) is 20.4. The number of anilines is 1. The van der Waals surface area contributed by atoms with E-state index in [9.17, 15) is 18.0 Å². The molecule has 3 aromatic rings. The Hall–Kier alpha value is -2.79. The molecule has 1 N–H and O–H groups in total. The number of nitrogens with one attached hydrogen (secondary N) is 1. The predicted octanol–water partition coefficient (Wildman–Crippen LogP) is 6.93. The average Bonchev–Trinajstić information content (AvgIpc) is 2.96. The number of hydrogen-bond acceptors (Lipinski definition) is 5. The molecule has 0 aliphatic carbocycles. The van der Waals surface area contributed by atoms with Crippen molar-refractivity contribution in [3.05, 3.63) is 86.8 Å². The molecule has 0 spiro atoms. The van der Waals surface area contributed by atoms with Crippen LogP contribution < -0.4 is 14.4 Å². The van der Waals surface area contributed by atoms with Gasteiger partial charge >= 0.3 is 0 Å². The van der Waals surface area contributed by atoms with E-state index in [0.717, 1.165) is 4.31 Å². The maximum absolute atomic E-state index is 14.2. The maximum atomic E-state index is 14.2. The summed E-state index contributed by atoms with van der Waals surface area (Å²) in [6.45, 7) is 7.86. The molecule has 232 valence electrons. The van der Waals surface area contributed by atoms with Crippen LogP contribution in [0.15, 0.2) is 76.1 Å². The van der Waals surface area contributed by atoms with Crippen molar-refractivity contribution in [3.8, 4) is 5.75 Å². The monoisotopic (exact) mass is 711 g/mol. The number of benzene rings is 3. The number of nitrogens with zero attached hydrogens (tertiary/aromatic N) is 2. The van der Waals surface area contributed by atoms with Crippen LogP contribution >= 0.6 is 39.1 Å². The molecule has 3 aromatic carbocycles. The number of sulfonamides is 1. The lowest BCUT2D eigenvalue weighted by atomic mass is 10.1. The molecule has 0 bridgehead atoms. The van der Waals surface area contributed by atoms with Crippen molar-refractivity contribution in [1.29, 1.82) is 0 Å². The van der Waals surface area contributed by atoms with Crippen molar-refractivity contribution in [2.45, 2.75) is 51.6 Å². The van der Waals surface area contributed by atoms with Gasteiger partial charge in [0.15, 0.2) is 0 Å². The number of carbonyl (C=O) groups excluding carboxylic acids is 2. The quantitative estimate of drug-likeness (QED) is 0.196. The van der Waals surface area contributed by atoms with Crippen LogP contribution in [0.3, 0.4) is 0 Å². The van der Waals surface area contributed by atoms with Crippen LogP contribution in [0.1, 0.15) is 39.7 Å². The molecule has 2 amide bonds. The van der Waals surface area contributed by atoms with E-state index < -0.39 is 28.5 Å². The molecule has 0 heterocycles. The summed E-state index contributed by atoms with van der Waals surface area (Å²) >= 11 is 15.9. The van der Waals surface area contributed by atoms with E-state index in [0.29, 0.717) is 45.4 Å². The zero-order chi connectivity index (χ0) is 31.7. The number of ether oxygens (including phenoxy) is 1.